The summed E-state index contributed by atoms with van der Waals surface area (Å²) in [6.45, 7) is 1.80. The van der Waals surface area contributed by atoms with Crippen LogP contribution in [0.25, 0.3) is 11.1 Å². The quantitative estimate of drug-likeness (QED) is 0.830. The molecule has 1 N–H and O–H groups in total. The molecule has 0 aliphatic rings. The van der Waals surface area contributed by atoms with E-state index in [9.17, 15) is 5.11 Å². The third-order valence-corrected chi connectivity index (χ3v) is 3.14. The fourth-order valence-corrected chi connectivity index (χ4v) is 1.93. The maximum atomic E-state index is 10.2. The van der Waals surface area contributed by atoms with E-state index in [1.807, 2.05) is 54.6 Å². The first-order valence-corrected chi connectivity index (χ1v) is 5.99. The normalized spacial score (nSPS) is 13.6. The van der Waals surface area contributed by atoms with Gasteiger partial charge in [0.15, 0.2) is 5.60 Å². The molecule has 0 fully saturated rings. The first-order chi connectivity index (χ1) is 8.69. The van der Waals surface area contributed by atoms with E-state index in [1.165, 1.54) is 0 Å². The van der Waals surface area contributed by atoms with Gasteiger partial charge in [0.1, 0.15) is 6.07 Å². The Bertz CT molecular complexity index is 571. The van der Waals surface area contributed by atoms with Gasteiger partial charge >= 0.3 is 0 Å². The lowest BCUT2D eigenvalue weighted by molar-refractivity contribution is 0.0936. The molecule has 1 atom stereocenters. The van der Waals surface area contributed by atoms with Crippen LogP contribution in [0.1, 0.15) is 18.9 Å². The van der Waals surface area contributed by atoms with Crippen molar-refractivity contribution >= 4 is 0 Å². The van der Waals surface area contributed by atoms with Crippen molar-refractivity contribution in [1.82, 2.24) is 0 Å². The fourth-order valence-electron chi connectivity index (χ4n) is 1.93. The topological polar surface area (TPSA) is 44.0 Å². The van der Waals surface area contributed by atoms with E-state index in [-0.39, 0.29) is 0 Å². The minimum atomic E-state index is -1.40. The lowest BCUT2D eigenvalue weighted by Gasteiger charge is -2.19. The number of aliphatic hydroxyl groups is 1. The minimum Gasteiger partial charge on any atom is -0.371 e. The summed E-state index contributed by atoms with van der Waals surface area (Å²) >= 11 is 0. The average Bonchev–Trinajstić information content (AvgIpc) is 2.47. The van der Waals surface area contributed by atoms with Gasteiger partial charge in [-0.2, -0.15) is 5.26 Å². The van der Waals surface area contributed by atoms with E-state index in [2.05, 4.69) is 0 Å². The summed E-state index contributed by atoms with van der Waals surface area (Å²) in [6.07, 6.45) is 0.377. The Hall–Kier alpha value is -2.11. The Labute approximate surface area is 107 Å². The van der Waals surface area contributed by atoms with E-state index >= 15 is 0 Å². The Morgan fingerprint density at radius 1 is 1.06 bits per heavy atom. The highest BCUT2D eigenvalue weighted by Gasteiger charge is 2.26. The Morgan fingerprint density at radius 2 is 1.72 bits per heavy atom. The predicted octanol–water partition coefficient (Wildman–Crippen LogP) is 3.47. The molecule has 2 nitrogen and oxygen atoms in total. The summed E-state index contributed by atoms with van der Waals surface area (Å²) in [5.74, 6) is 0. The van der Waals surface area contributed by atoms with Gasteiger partial charge in [-0.1, -0.05) is 55.5 Å². The third kappa shape index (κ3) is 2.27. The van der Waals surface area contributed by atoms with Crippen molar-refractivity contribution in [2.75, 3.05) is 0 Å². The molecule has 0 heterocycles. The zero-order chi connectivity index (χ0) is 13.0. The molecule has 18 heavy (non-hydrogen) atoms. The summed E-state index contributed by atoms with van der Waals surface area (Å²) in [5, 5.41) is 19.3. The second-order valence-electron chi connectivity index (χ2n) is 4.27. The second kappa shape index (κ2) is 5.03. The number of hydrogen-bond donors (Lipinski definition) is 1. The van der Waals surface area contributed by atoms with Crippen LogP contribution in [0.3, 0.4) is 0 Å². The van der Waals surface area contributed by atoms with Crippen LogP contribution in [-0.2, 0) is 5.60 Å². The number of hydrogen-bond acceptors (Lipinski definition) is 2. The fraction of sp³-hybridized carbons (Fsp3) is 0.188. The molecule has 0 amide bonds. The lowest BCUT2D eigenvalue weighted by Crippen LogP contribution is -2.21. The summed E-state index contributed by atoms with van der Waals surface area (Å²) < 4.78 is 0. The van der Waals surface area contributed by atoms with Crippen LogP contribution in [0.5, 0.6) is 0 Å². The zero-order valence-corrected chi connectivity index (χ0v) is 10.3. The second-order valence-corrected chi connectivity index (χ2v) is 4.27. The SMILES string of the molecule is CCC(O)(C#N)c1cccc(-c2ccccc2)c1. The molecule has 2 heteroatoms. The maximum absolute atomic E-state index is 10.2. The highest BCUT2D eigenvalue weighted by atomic mass is 16.3. The molecule has 0 spiro atoms. The van der Waals surface area contributed by atoms with Gasteiger partial charge in [-0.15, -0.1) is 0 Å². The van der Waals surface area contributed by atoms with Crippen molar-refractivity contribution in [3.05, 3.63) is 60.2 Å². The highest BCUT2D eigenvalue weighted by molar-refractivity contribution is 5.64. The van der Waals surface area contributed by atoms with Crippen LogP contribution in [-0.4, -0.2) is 5.11 Å². The molecule has 0 aromatic heterocycles. The number of nitrogens with zero attached hydrogens (tertiary/aromatic N) is 1. The first kappa shape index (κ1) is 12.3. The van der Waals surface area contributed by atoms with Gasteiger partial charge in [0.25, 0.3) is 0 Å². The Balaban J connectivity index is 2.47. The van der Waals surface area contributed by atoms with Crippen molar-refractivity contribution in [1.29, 1.82) is 5.26 Å². The minimum absolute atomic E-state index is 0.377. The summed E-state index contributed by atoms with van der Waals surface area (Å²) in [7, 11) is 0. The van der Waals surface area contributed by atoms with E-state index in [0.717, 1.165) is 11.1 Å². The van der Waals surface area contributed by atoms with Gasteiger partial charge < -0.3 is 5.11 Å². The molecular formula is C16H15NO. The maximum Gasteiger partial charge on any atom is 0.176 e. The molecular weight excluding hydrogens is 222 g/mol. The molecule has 2 aromatic carbocycles. The van der Waals surface area contributed by atoms with Gasteiger partial charge in [-0.05, 0) is 29.2 Å². The summed E-state index contributed by atoms with van der Waals surface area (Å²) in [4.78, 5) is 0. The number of nitriles is 1. The average molecular weight is 237 g/mol. The first-order valence-electron chi connectivity index (χ1n) is 5.99. The molecule has 2 aromatic rings. The smallest absolute Gasteiger partial charge is 0.176 e. The number of rotatable bonds is 3. The highest BCUT2D eigenvalue weighted by Crippen LogP contribution is 2.28. The molecule has 90 valence electrons. The van der Waals surface area contributed by atoms with Crippen molar-refractivity contribution in [2.45, 2.75) is 18.9 Å². The number of benzene rings is 2. The van der Waals surface area contributed by atoms with E-state index in [0.29, 0.717) is 12.0 Å². The van der Waals surface area contributed by atoms with E-state index in [4.69, 9.17) is 5.26 Å². The zero-order valence-electron chi connectivity index (χ0n) is 10.3. The third-order valence-electron chi connectivity index (χ3n) is 3.14. The van der Waals surface area contributed by atoms with Gasteiger partial charge in [-0.25, -0.2) is 0 Å². The molecule has 0 saturated carbocycles. The van der Waals surface area contributed by atoms with Gasteiger partial charge in [0.2, 0.25) is 0 Å². The molecule has 2 rings (SSSR count). The molecule has 0 aliphatic carbocycles. The van der Waals surface area contributed by atoms with Crippen molar-refractivity contribution in [3.63, 3.8) is 0 Å². The van der Waals surface area contributed by atoms with Crippen LogP contribution in [0.4, 0.5) is 0 Å². The Morgan fingerprint density at radius 3 is 2.33 bits per heavy atom. The van der Waals surface area contributed by atoms with Crippen LogP contribution in [0.2, 0.25) is 0 Å². The molecule has 0 saturated heterocycles. The molecule has 0 radical (unpaired) electrons. The Kier molecular flexibility index (Phi) is 3.45. The molecule has 0 bridgehead atoms. The standard InChI is InChI=1S/C16H15NO/c1-2-16(18,12-17)15-10-6-9-14(11-15)13-7-4-3-5-8-13/h3-11,18H,2H2,1H3. The van der Waals surface area contributed by atoms with Gasteiger partial charge in [-0.3, -0.25) is 0 Å². The van der Waals surface area contributed by atoms with E-state index < -0.39 is 5.60 Å². The van der Waals surface area contributed by atoms with Crippen LogP contribution >= 0.6 is 0 Å². The monoisotopic (exact) mass is 237 g/mol. The van der Waals surface area contributed by atoms with Crippen molar-refractivity contribution < 1.29 is 5.11 Å². The van der Waals surface area contributed by atoms with Crippen LogP contribution in [0, 0.1) is 11.3 Å². The lowest BCUT2D eigenvalue weighted by atomic mass is 9.90. The predicted molar refractivity (Wildman–Crippen MR) is 71.7 cm³/mol. The molecule has 0 aliphatic heterocycles. The van der Waals surface area contributed by atoms with Crippen LogP contribution in [0.15, 0.2) is 54.6 Å². The van der Waals surface area contributed by atoms with Gasteiger partial charge in [0.05, 0.1) is 0 Å². The van der Waals surface area contributed by atoms with Crippen LogP contribution < -0.4 is 0 Å². The summed E-state index contributed by atoms with van der Waals surface area (Å²) in [5.41, 5.74) is 1.34. The van der Waals surface area contributed by atoms with Crippen molar-refractivity contribution in [3.8, 4) is 17.2 Å². The van der Waals surface area contributed by atoms with Gasteiger partial charge in [0, 0.05) is 0 Å². The largest absolute Gasteiger partial charge is 0.371 e. The van der Waals surface area contributed by atoms with Crippen molar-refractivity contribution in [2.24, 2.45) is 0 Å². The summed E-state index contributed by atoms with van der Waals surface area (Å²) in [6, 6.07) is 19.4. The molecule has 1 unspecified atom stereocenters. The van der Waals surface area contributed by atoms with E-state index in [1.54, 1.807) is 13.0 Å².